The molecule has 1 aromatic heterocycles. The second kappa shape index (κ2) is 8.94. The van der Waals surface area contributed by atoms with E-state index in [1.54, 1.807) is 17.0 Å². The SMILES string of the molecule is Cc1ccc(-c2noc(-c3ccc(NC(=O)[C@H]4CC(=O)N(c5cccc(C)c5)C4)cc3)n2)cc1. The third-order valence-corrected chi connectivity index (χ3v) is 5.94. The summed E-state index contributed by atoms with van der Waals surface area (Å²) in [5, 5.41) is 6.99. The predicted octanol–water partition coefficient (Wildman–Crippen LogP) is 5.01. The summed E-state index contributed by atoms with van der Waals surface area (Å²) in [6, 6.07) is 22.9. The maximum Gasteiger partial charge on any atom is 0.258 e. The fraction of sp³-hybridized carbons (Fsp3) is 0.185. The van der Waals surface area contributed by atoms with E-state index in [9.17, 15) is 9.59 Å². The molecule has 2 amide bonds. The van der Waals surface area contributed by atoms with Gasteiger partial charge in [-0.3, -0.25) is 9.59 Å². The van der Waals surface area contributed by atoms with Gasteiger partial charge in [-0.2, -0.15) is 4.98 Å². The van der Waals surface area contributed by atoms with Crippen LogP contribution in [0.15, 0.2) is 77.3 Å². The molecule has 7 nitrogen and oxygen atoms in total. The summed E-state index contributed by atoms with van der Waals surface area (Å²) in [6.07, 6.45) is 0.196. The van der Waals surface area contributed by atoms with E-state index < -0.39 is 5.92 Å². The number of aryl methyl sites for hydroxylation is 2. The zero-order valence-corrected chi connectivity index (χ0v) is 19.0. The highest BCUT2D eigenvalue weighted by Crippen LogP contribution is 2.28. The fourth-order valence-corrected chi connectivity index (χ4v) is 4.03. The van der Waals surface area contributed by atoms with E-state index in [-0.39, 0.29) is 18.2 Å². The maximum absolute atomic E-state index is 12.8. The van der Waals surface area contributed by atoms with Crippen LogP contribution in [0.25, 0.3) is 22.8 Å². The molecule has 0 spiro atoms. The minimum atomic E-state index is -0.402. The average molecular weight is 453 g/mol. The van der Waals surface area contributed by atoms with Crippen molar-refractivity contribution in [2.75, 3.05) is 16.8 Å². The van der Waals surface area contributed by atoms with Crippen molar-refractivity contribution in [2.24, 2.45) is 5.92 Å². The Morgan fingerprint density at radius 1 is 0.971 bits per heavy atom. The van der Waals surface area contributed by atoms with Crippen molar-refractivity contribution in [3.63, 3.8) is 0 Å². The molecule has 0 unspecified atom stereocenters. The minimum Gasteiger partial charge on any atom is -0.334 e. The molecule has 0 aliphatic carbocycles. The van der Waals surface area contributed by atoms with Crippen molar-refractivity contribution >= 4 is 23.2 Å². The lowest BCUT2D eigenvalue weighted by molar-refractivity contribution is -0.122. The molecule has 1 N–H and O–H groups in total. The quantitative estimate of drug-likeness (QED) is 0.460. The van der Waals surface area contributed by atoms with Gasteiger partial charge >= 0.3 is 0 Å². The van der Waals surface area contributed by atoms with Crippen LogP contribution in [0, 0.1) is 19.8 Å². The van der Waals surface area contributed by atoms with Gasteiger partial charge in [-0.05, 0) is 55.8 Å². The highest BCUT2D eigenvalue weighted by molar-refractivity contribution is 6.03. The molecule has 0 bridgehead atoms. The molecule has 0 saturated carbocycles. The monoisotopic (exact) mass is 452 g/mol. The maximum atomic E-state index is 12.8. The molecule has 2 heterocycles. The summed E-state index contributed by atoms with van der Waals surface area (Å²) >= 11 is 0. The van der Waals surface area contributed by atoms with E-state index in [0.29, 0.717) is 23.9 Å². The Morgan fingerprint density at radius 3 is 2.44 bits per heavy atom. The first-order valence-electron chi connectivity index (χ1n) is 11.2. The topological polar surface area (TPSA) is 88.3 Å². The Morgan fingerprint density at radius 2 is 1.71 bits per heavy atom. The number of carbonyl (C=O) groups is 2. The van der Waals surface area contributed by atoms with Gasteiger partial charge in [0, 0.05) is 35.5 Å². The Hall–Kier alpha value is -4.26. The molecular formula is C27H24N4O3. The number of aromatic nitrogens is 2. The van der Waals surface area contributed by atoms with Crippen molar-refractivity contribution in [3.05, 3.63) is 83.9 Å². The van der Waals surface area contributed by atoms with Crippen molar-refractivity contribution < 1.29 is 14.1 Å². The van der Waals surface area contributed by atoms with Gasteiger partial charge in [0.15, 0.2) is 0 Å². The van der Waals surface area contributed by atoms with Crippen LogP contribution in [-0.2, 0) is 9.59 Å². The first-order valence-corrected chi connectivity index (χ1v) is 11.2. The van der Waals surface area contributed by atoms with Crippen LogP contribution in [0.4, 0.5) is 11.4 Å². The molecule has 170 valence electrons. The summed E-state index contributed by atoms with van der Waals surface area (Å²) in [5.74, 6) is 0.318. The highest BCUT2D eigenvalue weighted by atomic mass is 16.5. The van der Waals surface area contributed by atoms with Crippen molar-refractivity contribution in [2.45, 2.75) is 20.3 Å². The average Bonchev–Trinajstić information content (AvgIpc) is 3.47. The van der Waals surface area contributed by atoms with Gasteiger partial charge < -0.3 is 14.7 Å². The van der Waals surface area contributed by atoms with Crippen molar-refractivity contribution in [1.29, 1.82) is 0 Å². The lowest BCUT2D eigenvalue weighted by atomic mass is 10.1. The van der Waals surface area contributed by atoms with Crippen LogP contribution in [0.2, 0.25) is 0 Å². The summed E-state index contributed by atoms with van der Waals surface area (Å²) in [5.41, 5.74) is 5.35. The Balaban J connectivity index is 1.24. The molecule has 5 rings (SSSR count). The third-order valence-electron chi connectivity index (χ3n) is 5.94. The highest BCUT2D eigenvalue weighted by Gasteiger charge is 2.35. The van der Waals surface area contributed by atoms with Crippen molar-refractivity contribution in [3.8, 4) is 22.8 Å². The molecule has 1 fully saturated rings. The van der Waals surface area contributed by atoms with Crippen LogP contribution in [0.1, 0.15) is 17.5 Å². The largest absolute Gasteiger partial charge is 0.334 e. The van der Waals surface area contributed by atoms with E-state index in [0.717, 1.165) is 27.9 Å². The Kier molecular flexibility index (Phi) is 5.67. The van der Waals surface area contributed by atoms with E-state index in [2.05, 4.69) is 15.5 Å². The van der Waals surface area contributed by atoms with Gasteiger partial charge in [-0.15, -0.1) is 0 Å². The standard InChI is InChI=1S/C27H24N4O3/c1-17-6-8-19(9-7-17)25-29-27(34-30-25)20-10-12-22(13-11-20)28-26(33)21-15-24(32)31(16-21)23-5-3-4-18(2)14-23/h3-14,21H,15-16H2,1-2H3,(H,28,33)/t21-/m0/s1. The van der Waals surface area contributed by atoms with Gasteiger partial charge in [-0.25, -0.2) is 0 Å². The fourth-order valence-electron chi connectivity index (χ4n) is 4.03. The van der Waals surface area contributed by atoms with Gasteiger partial charge in [0.2, 0.25) is 17.6 Å². The van der Waals surface area contributed by atoms with Gasteiger partial charge in [0.1, 0.15) is 0 Å². The summed E-state index contributed by atoms with van der Waals surface area (Å²) in [4.78, 5) is 31.5. The lowest BCUT2D eigenvalue weighted by Gasteiger charge is -2.17. The van der Waals surface area contributed by atoms with Crippen LogP contribution < -0.4 is 10.2 Å². The zero-order valence-electron chi connectivity index (χ0n) is 19.0. The van der Waals surface area contributed by atoms with Gasteiger partial charge in [0.05, 0.1) is 5.92 Å². The third kappa shape index (κ3) is 4.45. The molecule has 1 aliphatic rings. The number of anilines is 2. The van der Waals surface area contributed by atoms with Crippen LogP contribution in [0.3, 0.4) is 0 Å². The molecular weight excluding hydrogens is 428 g/mol. The zero-order chi connectivity index (χ0) is 23.7. The molecule has 1 saturated heterocycles. The van der Waals surface area contributed by atoms with Gasteiger partial charge in [0.25, 0.3) is 5.89 Å². The Bertz CT molecular complexity index is 1340. The van der Waals surface area contributed by atoms with Crippen LogP contribution >= 0.6 is 0 Å². The van der Waals surface area contributed by atoms with E-state index in [4.69, 9.17) is 4.52 Å². The molecule has 34 heavy (non-hydrogen) atoms. The minimum absolute atomic E-state index is 0.0399. The second-order valence-corrected chi connectivity index (χ2v) is 8.60. The number of amides is 2. The lowest BCUT2D eigenvalue weighted by Crippen LogP contribution is -2.28. The summed E-state index contributed by atoms with van der Waals surface area (Å²) < 4.78 is 5.42. The first-order chi connectivity index (χ1) is 16.5. The molecule has 0 radical (unpaired) electrons. The molecule has 1 atom stereocenters. The molecule has 3 aromatic carbocycles. The number of hydrogen-bond donors (Lipinski definition) is 1. The number of nitrogens with one attached hydrogen (secondary N) is 1. The second-order valence-electron chi connectivity index (χ2n) is 8.60. The number of rotatable bonds is 5. The predicted molar refractivity (Wildman–Crippen MR) is 130 cm³/mol. The van der Waals surface area contributed by atoms with Crippen LogP contribution in [-0.4, -0.2) is 28.5 Å². The summed E-state index contributed by atoms with van der Waals surface area (Å²) in [7, 11) is 0. The molecule has 4 aromatic rings. The number of nitrogens with zero attached hydrogens (tertiary/aromatic N) is 3. The van der Waals surface area contributed by atoms with Crippen LogP contribution in [0.5, 0.6) is 0 Å². The smallest absolute Gasteiger partial charge is 0.258 e. The molecule has 7 heteroatoms. The van der Waals surface area contributed by atoms with Crippen molar-refractivity contribution in [1.82, 2.24) is 10.1 Å². The molecule has 1 aliphatic heterocycles. The number of benzene rings is 3. The van der Waals surface area contributed by atoms with E-state index >= 15 is 0 Å². The van der Waals surface area contributed by atoms with Gasteiger partial charge in [-0.1, -0.05) is 47.1 Å². The normalized spacial score (nSPS) is 15.5. The summed E-state index contributed by atoms with van der Waals surface area (Å²) in [6.45, 7) is 4.38. The Labute approximate surface area is 197 Å². The van der Waals surface area contributed by atoms with E-state index in [1.165, 1.54) is 0 Å². The number of carbonyl (C=O) groups excluding carboxylic acids is 2. The number of hydrogen-bond acceptors (Lipinski definition) is 5. The van der Waals surface area contributed by atoms with E-state index in [1.807, 2.05) is 74.5 Å². The first kappa shape index (κ1) is 21.6.